The molecule has 0 bridgehead atoms. The van der Waals surface area contributed by atoms with Crippen molar-refractivity contribution in [2.24, 2.45) is 5.92 Å². The third-order valence-corrected chi connectivity index (χ3v) is 4.01. The minimum atomic E-state index is -0.193. The first kappa shape index (κ1) is 14.3. The zero-order valence-electron chi connectivity index (χ0n) is 11.2. The van der Waals surface area contributed by atoms with Crippen molar-refractivity contribution in [1.82, 2.24) is 4.98 Å². The predicted molar refractivity (Wildman–Crippen MR) is 74.5 cm³/mol. The number of methoxy groups -OCH3 is 1. The van der Waals surface area contributed by atoms with E-state index in [0.717, 1.165) is 37.0 Å². The summed E-state index contributed by atoms with van der Waals surface area (Å²) >= 11 is 1.58. The molecule has 1 aliphatic heterocycles. The van der Waals surface area contributed by atoms with Gasteiger partial charge in [0.25, 0.3) is 0 Å². The highest BCUT2D eigenvalue weighted by Crippen LogP contribution is 2.19. The molecule has 1 aromatic heterocycles. The molecule has 0 spiro atoms. The second-order valence-corrected chi connectivity index (χ2v) is 5.54. The van der Waals surface area contributed by atoms with E-state index in [1.54, 1.807) is 11.3 Å². The summed E-state index contributed by atoms with van der Waals surface area (Å²) in [6, 6.07) is 0. The number of nitrogens with one attached hydrogen (secondary N) is 1. The first-order valence-corrected chi connectivity index (χ1v) is 7.48. The number of anilines is 1. The summed E-state index contributed by atoms with van der Waals surface area (Å²) in [6.45, 7) is 2.64. The van der Waals surface area contributed by atoms with Crippen molar-refractivity contribution in [2.45, 2.75) is 25.7 Å². The minimum absolute atomic E-state index is 0.193. The van der Waals surface area contributed by atoms with Crippen LogP contribution in [0.15, 0.2) is 5.38 Å². The fourth-order valence-electron chi connectivity index (χ4n) is 2.04. The lowest BCUT2D eigenvalue weighted by Gasteiger charge is -2.21. The van der Waals surface area contributed by atoms with Crippen LogP contribution in [-0.4, -0.2) is 37.8 Å². The van der Waals surface area contributed by atoms with E-state index in [1.807, 2.05) is 5.38 Å². The van der Waals surface area contributed by atoms with Crippen molar-refractivity contribution in [3.8, 4) is 0 Å². The Hall–Kier alpha value is -1.14. The third kappa shape index (κ3) is 4.80. The molecule has 0 saturated carbocycles. The normalized spacial score (nSPS) is 19.1. The van der Waals surface area contributed by atoms with E-state index >= 15 is 0 Å². The van der Waals surface area contributed by atoms with Crippen molar-refractivity contribution in [3.63, 3.8) is 0 Å². The number of nitrogens with zero attached hydrogens (tertiary/aromatic N) is 1. The average Bonchev–Trinajstić information content (AvgIpc) is 2.91. The molecule has 0 radical (unpaired) electrons. The van der Waals surface area contributed by atoms with Gasteiger partial charge in [-0.15, -0.1) is 11.3 Å². The Bertz CT molecular complexity index is 402. The zero-order chi connectivity index (χ0) is 13.5. The van der Waals surface area contributed by atoms with E-state index in [2.05, 4.69) is 15.0 Å². The molecule has 1 atom stereocenters. The molecule has 1 N–H and O–H groups in total. The molecule has 0 aliphatic carbocycles. The summed E-state index contributed by atoms with van der Waals surface area (Å²) in [5.74, 6) is 0.387. The van der Waals surface area contributed by atoms with Gasteiger partial charge in [-0.2, -0.15) is 0 Å². The van der Waals surface area contributed by atoms with E-state index in [-0.39, 0.29) is 5.97 Å². The van der Waals surface area contributed by atoms with E-state index < -0.39 is 0 Å². The molecule has 2 heterocycles. The van der Waals surface area contributed by atoms with Gasteiger partial charge in [-0.1, -0.05) is 0 Å². The lowest BCUT2D eigenvalue weighted by atomic mass is 10.0. The van der Waals surface area contributed by atoms with Gasteiger partial charge in [-0.05, 0) is 18.8 Å². The Morgan fingerprint density at radius 3 is 3.32 bits per heavy atom. The third-order valence-electron chi connectivity index (χ3n) is 3.16. The van der Waals surface area contributed by atoms with Crippen LogP contribution in [-0.2, 0) is 20.7 Å². The van der Waals surface area contributed by atoms with Crippen LogP contribution >= 0.6 is 11.3 Å². The van der Waals surface area contributed by atoms with Gasteiger partial charge in [0, 0.05) is 25.0 Å². The molecule has 1 unspecified atom stereocenters. The standard InChI is InChI=1S/C13H20N2O3S/c1-17-12(16)5-4-11-9-19-13(15-11)14-7-10-3-2-6-18-8-10/h9-10H,2-8H2,1H3,(H,14,15). The topological polar surface area (TPSA) is 60.5 Å². The molecule has 19 heavy (non-hydrogen) atoms. The zero-order valence-corrected chi connectivity index (χ0v) is 12.0. The lowest BCUT2D eigenvalue weighted by Crippen LogP contribution is -2.24. The number of thiazole rings is 1. The Morgan fingerprint density at radius 2 is 2.58 bits per heavy atom. The number of esters is 1. The average molecular weight is 284 g/mol. The highest BCUT2D eigenvalue weighted by atomic mass is 32.1. The van der Waals surface area contributed by atoms with Crippen LogP contribution in [0.4, 0.5) is 5.13 Å². The van der Waals surface area contributed by atoms with Gasteiger partial charge in [-0.25, -0.2) is 4.98 Å². The van der Waals surface area contributed by atoms with Crippen LogP contribution in [0.5, 0.6) is 0 Å². The van der Waals surface area contributed by atoms with Crippen molar-refractivity contribution >= 4 is 22.4 Å². The van der Waals surface area contributed by atoms with Gasteiger partial charge in [0.05, 0.1) is 25.8 Å². The summed E-state index contributed by atoms with van der Waals surface area (Å²) in [7, 11) is 1.41. The van der Waals surface area contributed by atoms with Gasteiger partial charge in [-0.3, -0.25) is 4.79 Å². The van der Waals surface area contributed by atoms with E-state index in [1.165, 1.54) is 13.5 Å². The smallest absolute Gasteiger partial charge is 0.305 e. The van der Waals surface area contributed by atoms with Gasteiger partial charge >= 0.3 is 5.97 Å². The van der Waals surface area contributed by atoms with E-state index in [9.17, 15) is 4.79 Å². The van der Waals surface area contributed by atoms with Crippen LogP contribution in [0.2, 0.25) is 0 Å². The monoisotopic (exact) mass is 284 g/mol. The fourth-order valence-corrected chi connectivity index (χ4v) is 2.79. The molecule has 1 aliphatic rings. The SMILES string of the molecule is COC(=O)CCc1csc(NCC2CCCOC2)n1. The quantitative estimate of drug-likeness (QED) is 0.811. The van der Waals surface area contributed by atoms with Crippen LogP contribution in [0.1, 0.15) is 25.0 Å². The number of carbonyl (C=O) groups is 1. The van der Waals surface area contributed by atoms with Crippen LogP contribution < -0.4 is 5.32 Å². The van der Waals surface area contributed by atoms with Gasteiger partial charge in [0.1, 0.15) is 0 Å². The number of aromatic nitrogens is 1. The van der Waals surface area contributed by atoms with Crippen LogP contribution in [0, 0.1) is 5.92 Å². The Labute approximate surface area is 117 Å². The minimum Gasteiger partial charge on any atom is -0.469 e. The molecule has 0 amide bonds. The molecule has 2 rings (SSSR count). The number of hydrogen-bond acceptors (Lipinski definition) is 6. The van der Waals surface area contributed by atoms with Crippen LogP contribution in [0.25, 0.3) is 0 Å². The highest BCUT2D eigenvalue weighted by Gasteiger charge is 2.14. The predicted octanol–water partition coefficient (Wildman–Crippen LogP) is 2.09. The summed E-state index contributed by atoms with van der Waals surface area (Å²) in [6.07, 6.45) is 3.38. The number of rotatable bonds is 6. The molecule has 1 aromatic rings. The first-order valence-electron chi connectivity index (χ1n) is 6.60. The van der Waals surface area contributed by atoms with Gasteiger partial charge in [0.2, 0.25) is 0 Å². The summed E-state index contributed by atoms with van der Waals surface area (Å²) in [5.41, 5.74) is 0.942. The van der Waals surface area contributed by atoms with Crippen molar-refractivity contribution in [2.75, 3.05) is 32.2 Å². The van der Waals surface area contributed by atoms with E-state index in [0.29, 0.717) is 18.8 Å². The second-order valence-electron chi connectivity index (χ2n) is 4.68. The van der Waals surface area contributed by atoms with Crippen LogP contribution in [0.3, 0.4) is 0 Å². The highest BCUT2D eigenvalue weighted by molar-refractivity contribution is 7.13. The maximum Gasteiger partial charge on any atom is 0.305 e. The summed E-state index contributed by atoms with van der Waals surface area (Å²) < 4.78 is 10.1. The number of carbonyl (C=O) groups excluding carboxylic acids is 1. The van der Waals surface area contributed by atoms with Crippen molar-refractivity contribution in [1.29, 1.82) is 0 Å². The molecule has 0 aromatic carbocycles. The number of hydrogen-bond donors (Lipinski definition) is 1. The molecular weight excluding hydrogens is 264 g/mol. The maximum absolute atomic E-state index is 11.0. The maximum atomic E-state index is 11.0. The molecule has 6 heteroatoms. The number of ether oxygens (including phenoxy) is 2. The molecule has 1 saturated heterocycles. The second kappa shape index (κ2) is 7.45. The largest absolute Gasteiger partial charge is 0.469 e. The molecule has 5 nitrogen and oxygen atoms in total. The molecule has 1 fully saturated rings. The summed E-state index contributed by atoms with van der Waals surface area (Å²) in [4.78, 5) is 15.5. The Balaban J connectivity index is 1.72. The molecule has 106 valence electrons. The van der Waals surface area contributed by atoms with E-state index in [4.69, 9.17) is 4.74 Å². The van der Waals surface area contributed by atoms with Gasteiger partial charge < -0.3 is 14.8 Å². The van der Waals surface area contributed by atoms with Crippen molar-refractivity contribution < 1.29 is 14.3 Å². The Morgan fingerprint density at radius 1 is 1.68 bits per heavy atom. The summed E-state index contributed by atoms with van der Waals surface area (Å²) in [5, 5.41) is 6.26. The van der Waals surface area contributed by atoms with Gasteiger partial charge in [0.15, 0.2) is 5.13 Å². The molecular formula is C13H20N2O3S. The van der Waals surface area contributed by atoms with Crippen molar-refractivity contribution in [3.05, 3.63) is 11.1 Å². The number of aryl methyl sites for hydroxylation is 1. The Kier molecular flexibility index (Phi) is 5.60. The lowest BCUT2D eigenvalue weighted by molar-refractivity contribution is -0.140. The fraction of sp³-hybridized carbons (Fsp3) is 0.692. The first-order chi connectivity index (χ1) is 9.28.